The van der Waals surface area contributed by atoms with Gasteiger partial charge in [-0.15, -0.1) is 0 Å². The van der Waals surface area contributed by atoms with E-state index in [0.29, 0.717) is 16.8 Å². The van der Waals surface area contributed by atoms with Crippen LogP contribution in [-0.2, 0) is 6.42 Å². The molecule has 3 aromatic rings. The number of aromatic nitrogens is 2. The molecule has 0 saturated carbocycles. The molecule has 0 bridgehead atoms. The number of aryl methyl sites for hydroxylation is 1. The Balaban J connectivity index is 1.63. The summed E-state index contributed by atoms with van der Waals surface area (Å²) in [7, 11) is 0. The van der Waals surface area contributed by atoms with Gasteiger partial charge in [0.2, 0.25) is 0 Å². The molecule has 1 atom stereocenters. The predicted molar refractivity (Wildman–Crippen MR) is 98.2 cm³/mol. The molecule has 4 rings (SSSR count). The van der Waals surface area contributed by atoms with Crippen molar-refractivity contribution in [2.45, 2.75) is 31.7 Å². The molecule has 5 heteroatoms. The van der Waals surface area contributed by atoms with Gasteiger partial charge in [-0.3, -0.25) is 9.89 Å². The van der Waals surface area contributed by atoms with Crippen molar-refractivity contribution in [1.82, 2.24) is 15.5 Å². The van der Waals surface area contributed by atoms with Gasteiger partial charge >= 0.3 is 0 Å². The second-order valence-corrected chi connectivity index (χ2v) is 6.61. The summed E-state index contributed by atoms with van der Waals surface area (Å²) in [4.78, 5) is 12.9. The van der Waals surface area contributed by atoms with Crippen LogP contribution in [0.1, 0.15) is 46.8 Å². The minimum Gasteiger partial charge on any atom is -0.345 e. The van der Waals surface area contributed by atoms with Gasteiger partial charge in [0.15, 0.2) is 0 Å². The molecule has 2 N–H and O–H groups in total. The van der Waals surface area contributed by atoms with E-state index in [1.807, 2.05) is 12.1 Å². The lowest BCUT2D eigenvalue weighted by atomic mass is 9.98. The largest absolute Gasteiger partial charge is 0.345 e. The number of rotatable bonds is 3. The molecule has 2 aromatic carbocycles. The van der Waals surface area contributed by atoms with Gasteiger partial charge < -0.3 is 5.32 Å². The van der Waals surface area contributed by atoms with E-state index in [0.717, 1.165) is 25.7 Å². The zero-order chi connectivity index (χ0) is 17.9. The standard InChI is InChI=1S/C21H20FN3O/c22-18-11-5-4-10-16(18)20-17(13-23-25-20)21(26)24-19-12-6-2-8-14-7-1-3-9-15(14)19/h1,3-5,7,9-11,13,19H,2,6,8,12H2,(H,23,25)(H,24,26). The van der Waals surface area contributed by atoms with Gasteiger partial charge in [-0.25, -0.2) is 4.39 Å². The smallest absolute Gasteiger partial charge is 0.255 e. The van der Waals surface area contributed by atoms with Crippen molar-refractivity contribution in [2.75, 3.05) is 0 Å². The molecule has 26 heavy (non-hydrogen) atoms. The van der Waals surface area contributed by atoms with E-state index >= 15 is 0 Å². The number of H-pyrrole nitrogens is 1. The van der Waals surface area contributed by atoms with E-state index in [1.54, 1.807) is 18.2 Å². The molecule has 1 aliphatic carbocycles. The van der Waals surface area contributed by atoms with E-state index in [9.17, 15) is 9.18 Å². The van der Waals surface area contributed by atoms with E-state index in [4.69, 9.17) is 0 Å². The Bertz CT molecular complexity index is 934. The number of carbonyl (C=O) groups excluding carboxylic acids is 1. The number of nitrogens with zero attached hydrogens (tertiary/aromatic N) is 1. The maximum absolute atomic E-state index is 14.1. The summed E-state index contributed by atoms with van der Waals surface area (Å²) in [5.74, 6) is -0.621. The lowest BCUT2D eigenvalue weighted by Gasteiger charge is -2.19. The molecule has 0 aliphatic heterocycles. The van der Waals surface area contributed by atoms with Gasteiger partial charge in [0.05, 0.1) is 23.5 Å². The maximum atomic E-state index is 14.1. The van der Waals surface area contributed by atoms with Gasteiger partial charge in [-0.2, -0.15) is 5.10 Å². The SMILES string of the molecule is O=C(NC1CCCCc2ccccc21)c1cn[nH]c1-c1ccccc1F. The monoisotopic (exact) mass is 349 g/mol. The number of carbonyl (C=O) groups is 1. The molecule has 132 valence electrons. The van der Waals surface area contributed by atoms with Crippen molar-refractivity contribution < 1.29 is 9.18 Å². The van der Waals surface area contributed by atoms with E-state index < -0.39 is 0 Å². The third-order valence-electron chi connectivity index (χ3n) is 4.95. The second-order valence-electron chi connectivity index (χ2n) is 6.61. The highest BCUT2D eigenvalue weighted by Crippen LogP contribution is 2.30. The number of amides is 1. The summed E-state index contributed by atoms with van der Waals surface area (Å²) >= 11 is 0. The van der Waals surface area contributed by atoms with Crippen molar-refractivity contribution in [2.24, 2.45) is 0 Å². The Labute approximate surface area is 151 Å². The first kappa shape index (κ1) is 16.5. The maximum Gasteiger partial charge on any atom is 0.255 e. The van der Waals surface area contributed by atoms with Crippen LogP contribution in [0.5, 0.6) is 0 Å². The lowest BCUT2D eigenvalue weighted by Crippen LogP contribution is -2.28. The minimum atomic E-state index is -0.384. The highest BCUT2D eigenvalue weighted by Gasteiger charge is 2.23. The zero-order valence-electron chi connectivity index (χ0n) is 14.3. The molecule has 0 saturated heterocycles. The molecular weight excluding hydrogens is 329 g/mol. The molecule has 1 heterocycles. The molecule has 1 amide bonds. The van der Waals surface area contributed by atoms with Crippen molar-refractivity contribution in [3.8, 4) is 11.3 Å². The van der Waals surface area contributed by atoms with Crippen LogP contribution in [0.2, 0.25) is 0 Å². The molecule has 0 spiro atoms. The topological polar surface area (TPSA) is 57.8 Å². The first-order valence-corrected chi connectivity index (χ1v) is 8.91. The third kappa shape index (κ3) is 3.12. The first-order chi connectivity index (χ1) is 12.7. The van der Waals surface area contributed by atoms with Crippen LogP contribution in [0.3, 0.4) is 0 Å². The van der Waals surface area contributed by atoms with E-state index in [2.05, 4.69) is 27.6 Å². The zero-order valence-corrected chi connectivity index (χ0v) is 14.3. The normalized spacial score (nSPS) is 16.6. The van der Waals surface area contributed by atoms with Crippen molar-refractivity contribution >= 4 is 5.91 Å². The number of nitrogens with one attached hydrogen (secondary N) is 2. The molecule has 0 radical (unpaired) electrons. The average Bonchev–Trinajstić information content (AvgIpc) is 3.06. The Morgan fingerprint density at radius 1 is 1.12 bits per heavy atom. The number of hydrogen-bond donors (Lipinski definition) is 2. The predicted octanol–water partition coefficient (Wildman–Crippen LogP) is 4.41. The number of benzene rings is 2. The van der Waals surface area contributed by atoms with E-state index in [1.165, 1.54) is 23.4 Å². The van der Waals surface area contributed by atoms with Gasteiger partial charge in [-0.05, 0) is 42.5 Å². The lowest BCUT2D eigenvalue weighted by molar-refractivity contribution is 0.0935. The Hall–Kier alpha value is -2.95. The summed E-state index contributed by atoms with van der Waals surface area (Å²) in [6.45, 7) is 0. The van der Waals surface area contributed by atoms with Crippen molar-refractivity contribution in [3.05, 3.63) is 77.2 Å². The molecule has 1 aliphatic rings. The fourth-order valence-corrected chi connectivity index (χ4v) is 3.63. The van der Waals surface area contributed by atoms with Gasteiger partial charge in [0.1, 0.15) is 5.82 Å². The molecular formula is C21H20FN3O. The Morgan fingerprint density at radius 2 is 1.92 bits per heavy atom. The number of aromatic amines is 1. The Kier molecular flexibility index (Phi) is 4.52. The van der Waals surface area contributed by atoms with Crippen LogP contribution < -0.4 is 5.32 Å². The van der Waals surface area contributed by atoms with Crippen LogP contribution in [-0.4, -0.2) is 16.1 Å². The average molecular weight is 349 g/mol. The summed E-state index contributed by atoms with van der Waals surface area (Å²) < 4.78 is 14.1. The molecule has 1 unspecified atom stereocenters. The van der Waals surface area contributed by atoms with Crippen molar-refractivity contribution in [3.63, 3.8) is 0 Å². The van der Waals surface area contributed by atoms with Crippen LogP contribution in [0, 0.1) is 5.82 Å². The highest BCUT2D eigenvalue weighted by atomic mass is 19.1. The second kappa shape index (κ2) is 7.12. The molecule has 1 aromatic heterocycles. The number of hydrogen-bond acceptors (Lipinski definition) is 2. The summed E-state index contributed by atoms with van der Waals surface area (Å²) in [6.07, 6.45) is 5.57. The first-order valence-electron chi connectivity index (χ1n) is 8.91. The molecule has 0 fully saturated rings. The Morgan fingerprint density at radius 3 is 2.81 bits per heavy atom. The van der Waals surface area contributed by atoms with Crippen molar-refractivity contribution in [1.29, 1.82) is 0 Å². The summed E-state index contributed by atoms with van der Waals surface area (Å²) in [6, 6.07) is 14.6. The fraction of sp³-hybridized carbons (Fsp3) is 0.238. The molecule has 4 nitrogen and oxygen atoms in total. The summed E-state index contributed by atoms with van der Waals surface area (Å²) in [5.41, 5.74) is 3.57. The van der Waals surface area contributed by atoms with Crippen LogP contribution in [0.15, 0.2) is 54.7 Å². The summed E-state index contributed by atoms with van der Waals surface area (Å²) in [5, 5.41) is 9.85. The highest BCUT2D eigenvalue weighted by molar-refractivity contribution is 6.00. The van der Waals surface area contributed by atoms with Gasteiger partial charge in [-0.1, -0.05) is 42.8 Å². The van der Waals surface area contributed by atoms with Crippen LogP contribution in [0.4, 0.5) is 4.39 Å². The fourth-order valence-electron chi connectivity index (χ4n) is 3.63. The minimum absolute atomic E-state index is 0.0374. The van der Waals surface area contributed by atoms with Gasteiger partial charge in [0, 0.05) is 5.56 Å². The van der Waals surface area contributed by atoms with Crippen LogP contribution >= 0.6 is 0 Å². The number of fused-ring (bicyclic) bond motifs is 1. The number of halogens is 1. The van der Waals surface area contributed by atoms with E-state index in [-0.39, 0.29) is 17.8 Å². The van der Waals surface area contributed by atoms with Gasteiger partial charge in [0.25, 0.3) is 5.91 Å². The third-order valence-corrected chi connectivity index (χ3v) is 4.95. The quantitative estimate of drug-likeness (QED) is 0.688. The van der Waals surface area contributed by atoms with Crippen LogP contribution in [0.25, 0.3) is 11.3 Å².